The van der Waals surface area contributed by atoms with Crippen molar-refractivity contribution in [2.75, 3.05) is 5.32 Å². The molecule has 3 rings (SSSR count). The number of aromatic nitrogens is 1. The number of alkyl halides is 3. The molecular weight excluding hydrogens is 358 g/mol. The second-order valence-electron chi connectivity index (χ2n) is 5.30. The second kappa shape index (κ2) is 6.54. The number of rotatable bonds is 3. The van der Waals surface area contributed by atoms with Crippen LogP contribution in [0.1, 0.15) is 11.1 Å². The van der Waals surface area contributed by atoms with Gasteiger partial charge in [-0.15, -0.1) is 0 Å². The van der Waals surface area contributed by atoms with Crippen LogP contribution in [0.5, 0.6) is 0 Å². The number of oxazole rings is 1. The van der Waals surface area contributed by atoms with Gasteiger partial charge in [0.1, 0.15) is 11.3 Å². The average molecular weight is 369 g/mol. The third-order valence-corrected chi connectivity index (χ3v) is 3.52. The number of amides is 2. The molecular formula is C16H11F4N3O3. The summed E-state index contributed by atoms with van der Waals surface area (Å²) in [5.41, 5.74) is -0.792. The normalized spacial score (nSPS) is 11.5. The Kier molecular flexibility index (Phi) is 4.41. The Morgan fingerprint density at radius 2 is 1.96 bits per heavy atom. The molecule has 0 saturated heterocycles. The van der Waals surface area contributed by atoms with Crippen LogP contribution in [0, 0.1) is 5.82 Å². The Hall–Kier alpha value is -3.30. The molecule has 6 nitrogen and oxygen atoms in total. The molecule has 0 spiro atoms. The predicted octanol–water partition coefficient (Wildman–Crippen LogP) is 3.60. The van der Waals surface area contributed by atoms with E-state index in [1.54, 1.807) is 0 Å². The van der Waals surface area contributed by atoms with Gasteiger partial charge in [0, 0.05) is 6.54 Å². The summed E-state index contributed by atoms with van der Waals surface area (Å²) < 4.78 is 56.7. The summed E-state index contributed by atoms with van der Waals surface area (Å²) in [5, 5.41) is 4.66. The molecule has 0 radical (unpaired) electrons. The summed E-state index contributed by atoms with van der Waals surface area (Å²) in [4.78, 5) is 25.6. The standard InChI is InChI=1S/C16H11F4N3O3/c17-9-5-4-8(10(6-9)16(18,19)20)7-21-14(24)22-11-2-1-3-12-13(11)23-15(25)26-12/h1-6H,7H2,(H,23,25)(H2,21,22,24). The zero-order chi connectivity index (χ0) is 18.9. The Labute approximate surface area is 142 Å². The summed E-state index contributed by atoms with van der Waals surface area (Å²) in [6.45, 7) is -0.473. The molecule has 0 unspecified atom stereocenters. The minimum Gasteiger partial charge on any atom is -0.408 e. The number of hydrogen-bond acceptors (Lipinski definition) is 3. The van der Waals surface area contributed by atoms with Gasteiger partial charge in [-0.05, 0) is 29.8 Å². The van der Waals surface area contributed by atoms with E-state index in [1.165, 1.54) is 18.2 Å². The van der Waals surface area contributed by atoms with Gasteiger partial charge in [0.15, 0.2) is 5.58 Å². The first-order chi connectivity index (χ1) is 12.2. The van der Waals surface area contributed by atoms with Crippen molar-refractivity contribution in [3.8, 4) is 0 Å². The quantitative estimate of drug-likeness (QED) is 0.617. The van der Waals surface area contributed by atoms with E-state index in [0.717, 1.165) is 12.1 Å². The minimum absolute atomic E-state index is 0.209. The molecule has 2 amide bonds. The number of hydrogen-bond donors (Lipinski definition) is 3. The number of carbonyl (C=O) groups excluding carboxylic acids is 1. The minimum atomic E-state index is -4.75. The summed E-state index contributed by atoms with van der Waals surface area (Å²) in [5.74, 6) is -1.74. The molecule has 0 aliphatic rings. The van der Waals surface area contributed by atoms with Crippen LogP contribution in [0.4, 0.5) is 28.0 Å². The fourth-order valence-electron chi connectivity index (χ4n) is 2.39. The number of urea groups is 1. The van der Waals surface area contributed by atoms with Gasteiger partial charge in [0.05, 0.1) is 11.3 Å². The lowest BCUT2D eigenvalue weighted by atomic mass is 10.1. The van der Waals surface area contributed by atoms with Gasteiger partial charge in [0.25, 0.3) is 0 Å². The summed E-state index contributed by atoms with van der Waals surface area (Å²) >= 11 is 0. The molecule has 2 aromatic carbocycles. The highest BCUT2D eigenvalue weighted by Crippen LogP contribution is 2.32. The maximum atomic E-state index is 13.1. The number of anilines is 1. The molecule has 1 aromatic heterocycles. The third kappa shape index (κ3) is 3.68. The first kappa shape index (κ1) is 17.5. The number of benzene rings is 2. The Morgan fingerprint density at radius 3 is 2.69 bits per heavy atom. The summed E-state index contributed by atoms with van der Waals surface area (Å²) in [6, 6.07) is 5.89. The maximum absolute atomic E-state index is 13.1. The van der Waals surface area contributed by atoms with Crippen LogP contribution in [0.3, 0.4) is 0 Å². The van der Waals surface area contributed by atoms with Gasteiger partial charge < -0.3 is 15.1 Å². The predicted molar refractivity (Wildman–Crippen MR) is 84.1 cm³/mol. The van der Waals surface area contributed by atoms with Gasteiger partial charge in [-0.3, -0.25) is 4.98 Å². The highest BCUT2D eigenvalue weighted by atomic mass is 19.4. The van der Waals surface area contributed by atoms with Crippen LogP contribution < -0.4 is 16.4 Å². The van der Waals surface area contributed by atoms with E-state index in [1.807, 2.05) is 0 Å². The molecule has 0 saturated carbocycles. The van der Waals surface area contributed by atoms with Crippen LogP contribution in [0.2, 0.25) is 0 Å². The van der Waals surface area contributed by atoms with Crippen molar-refractivity contribution in [1.82, 2.24) is 10.3 Å². The molecule has 0 aliphatic heterocycles. The van der Waals surface area contributed by atoms with Crippen molar-refractivity contribution in [2.24, 2.45) is 0 Å². The smallest absolute Gasteiger partial charge is 0.408 e. The van der Waals surface area contributed by atoms with E-state index in [-0.39, 0.29) is 22.4 Å². The van der Waals surface area contributed by atoms with Crippen molar-refractivity contribution >= 4 is 22.8 Å². The fraction of sp³-hybridized carbons (Fsp3) is 0.125. The number of fused-ring (bicyclic) bond motifs is 1. The zero-order valence-electron chi connectivity index (χ0n) is 12.9. The molecule has 1 heterocycles. The monoisotopic (exact) mass is 369 g/mol. The van der Waals surface area contributed by atoms with Gasteiger partial charge in [-0.25, -0.2) is 14.0 Å². The van der Waals surface area contributed by atoms with Crippen LogP contribution in [-0.2, 0) is 12.7 Å². The topological polar surface area (TPSA) is 87.1 Å². The number of halogens is 4. The van der Waals surface area contributed by atoms with E-state index in [9.17, 15) is 27.2 Å². The van der Waals surface area contributed by atoms with Gasteiger partial charge in [-0.2, -0.15) is 13.2 Å². The summed E-state index contributed by atoms with van der Waals surface area (Å²) in [7, 11) is 0. The van der Waals surface area contributed by atoms with Crippen molar-refractivity contribution in [2.45, 2.75) is 12.7 Å². The van der Waals surface area contributed by atoms with E-state index >= 15 is 0 Å². The van der Waals surface area contributed by atoms with Crippen LogP contribution in [0.15, 0.2) is 45.6 Å². The second-order valence-corrected chi connectivity index (χ2v) is 5.30. The zero-order valence-corrected chi connectivity index (χ0v) is 12.9. The molecule has 0 atom stereocenters. The molecule has 136 valence electrons. The number of nitrogens with one attached hydrogen (secondary N) is 3. The van der Waals surface area contributed by atoms with E-state index in [0.29, 0.717) is 6.07 Å². The number of para-hydroxylation sites is 1. The summed E-state index contributed by atoms with van der Waals surface area (Å²) in [6.07, 6.45) is -4.75. The lowest BCUT2D eigenvalue weighted by Crippen LogP contribution is -2.29. The average Bonchev–Trinajstić information content (AvgIpc) is 2.94. The fourth-order valence-corrected chi connectivity index (χ4v) is 2.39. The highest BCUT2D eigenvalue weighted by molar-refractivity contribution is 5.97. The van der Waals surface area contributed by atoms with Gasteiger partial charge >= 0.3 is 18.0 Å². The van der Waals surface area contributed by atoms with Crippen LogP contribution in [0.25, 0.3) is 11.1 Å². The number of carbonyl (C=O) groups is 1. The number of H-pyrrole nitrogens is 1. The largest absolute Gasteiger partial charge is 0.417 e. The first-order valence-corrected chi connectivity index (χ1v) is 7.26. The Morgan fingerprint density at radius 1 is 1.19 bits per heavy atom. The number of aromatic amines is 1. The van der Waals surface area contributed by atoms with Crippen LogP contribution in [-0.4, -0.2) is 11.0 Å². The van der Waals surface area contributed by atoms with Crippen molar-refractivity contribution in [3.63, 3.8) is 0 Å². The van der Waals surface area contributed by atoms with E-state index in [2.05, 4.69) is 15.6 Å². The molecule has 26 heavy (non-hydrogen) atoms. The lowest BCUT2D eigenvalue weighted by Gasteiger charge is -2.14. The van der Waals surface area contributed by atoms with E-state index in [4.69, 9.17) is 4.42 Å². The molecule has 0 aliphatic carbocycles. The Bertz CT molecular complexity index is 1020. The van der Waals surface area contributed by atoms with E-state index < -0.39 is 35.9 Å². The first-order valence-electron chi connectivity index (χ1n) is 7.26. The lowest BCUT2D eigenvalue weighted by molar-refractivity contribution is -0.138. The van der Waals surface area contributed by atoms with Crippen molar-refractivity contribution in [1.29, 1.82) is 0 Å². The van der Waals surface area contributed by atoms with Crippen molar-refractivity contribution < 1.29 is 26.8 Å². The maximum Gasteiger partial charge on any atom is 0.417 e. The SMILES string of the molecule is O=C(NCc1ccc(F)cc1C(F)(F)F)Nc1cccc2oc(=O)[nH]c12. The Balaban J connectivity index is 1.74. The van der Waals surface area contributed by atoms with Crippen molar-refractivity contribution in [3.05, 3.63) is 63.9 Å². The third-order valence-electron chi connectivity index (χ3n) is 3.52. The van der Waals surface area contributed by atoms with Crippen LogP contribution >= 0.6 is 0 Å². The highest BCUT2D eigenvalue weighted by Gasteiger charge is 2.33. The van der Waals surface area contributed by atoms with Gasteiger partial charge in [-0.1, -0.05) is 12.1 Å². The molecule has 10 heteroatoms. The molecule has 0 bridgehead atoms. The van der Waals surface area contributed by atoms with Gasteiger partial charge in [0.2, 0.25) is 0 Å². The molecule has 0 fully saturated rings. The molecule has 3 aromatic rings. The molecule has 3 N–H and O–H groups in total.